The topological polar surface area (TPSA) is 85.7 Å². The lowest BCUT2D eigenvalue weighted by atomic mass is 9.46. The number of thioether (sulfide) groups is 1. The Hall–Kier alpha value is -1.80. The molecule has 4 saturated carbocycles. The molecule has 1 aromatic rings. The van der Waals surface area contributed by atoms with Crippen molar-refractivity contribution in [2.24, 2.45) is 34.5 Å². The highest BCUT2D eigenvalue weighted by Crippen LogP contribution is 2.70. The number of Topliss-reactive ketones (excluding diaryl/α,β-unsaturated/α-hetero) is 1. The molecule has 7 rings (SSSR count). The number of fused-ring (bicyclic) bond motifs is 7. The molecule has 6 nitrogen and oxygen atoms in total. The molecule has 1 aromatic heterocycles. The molecular weight excluding hydrogens is 510 g/mol. The highest BCUT2D eigenvalue weighted by atomic mass is 32.2. The molecule has 39 heavy (non-hydrogen) atoms. The lowest BCUT2D eigenvalue weighted by Gasteiger charge is -2.59. The minimum Gasteiger partial charge on any atom is -0.393 e. The van der Waals surface area contributed by atoms with Crippen LogP contribution in [0.3, 0.4) is 0 Å². The van der Waals surface area contributed by atoms with Gasteiger partial charge in [0.15, 0.2) is 23.5 Å². The Morgan fingerprint density at radius 3 is 2.79 bits per heavy atom. The minimum atomic E-state index is -1.06. The lowest BCUT2D eigenvalue weighted by Crippen LogP contribution is -2.63. The second kappa shape index (κ2) is 9.37. The van der Waals surface area contributed by atoms with Gasteiger partial charge in [-0.3, -0.25) is 9.59 Å². The Kier molecular flexibility index (Phi) is 6.27. The largest absolute Gasteiger partial charge is 0.393 e. The van der Waals surface area contributed by atoms with Gasteiger partial charge >= 0.3 is 0 Å². The maximum absolute atomic E-state index is 14.4. The summed E-state index contributed by atoms with van der Waals surface area (Å²) in [4.78, 5) is 31.0. The Bertz CT molecular complexity index is 1230. The molecule has 1 aliphatic heterocycles. The van der Waals surface area contributed by atoms with Crippen molar-refractivity contribution >= 4 is 23.3 Å². The third-order valence-electron chi connectivity index (χ3n) is 11.4. The van der Waals surface area contributed by atoms with E-state index in [9.17, 15) is 14.7 Å². The number of aliphatic hydroxyl groups is 1. The zero-order valence-electron chi connectivity index (χ0n) is 22.9. The summed E-state index contributed by atoms with van der Waals surface area (Å²) in [5.41, 5.74) is -0.786. The van der Waals surface area contributed by atoms with Crippen LogP contribution in [-0.4, -0.2) is 51.5 Å². The van der Waals surface area contributed by atoms with Gasteiger partial charge in [-0.15, -0.1) is 0 Å². The van der Waals surface area contributed by atoms with Gasteiger partial charge in [-0.1, -0.05) is 56.2 Å². The van der Waals surface area contributed by atoms with Crippen LogP contribution in [0.2, 0.25) is 0 Å². The number of aliphatic hydroxyl groups excluding tert-OH is 1. The summed E-state index contributed by atoms with van der Waals surface area (Å²) in [6.45, 7) is 4.39. The van der Waals surface area contributed by atoms with Gasteiger partial charge in [0.2, 0.25) is 0 Å². The molecule has 6 unspecified atom stereocenters. The monoisotopic (exact) mass is 549 g/mol. The maximum Gasteiger partial charge on any atom is 0.178 e. The van der Waals surface area contributed by atoms with Crippen LogP contribution in [0.25, 0.3) is 0 Å². The standard InChI is InChI=1S/C32H39NO5S/c1-30-13-12-21(34)15-20(30)10-11-22-23-16-26-32(31(23,2)17-24(35)28(22)30,38-29(37-26)19-7-3-4-8-19)25(36)18-39-27-9-5-6-14-33-27/h5-6,9,12-15,19,22-24,26,28-29,35H,3-4,7-8,10-11,16-18H2,1-2H3/t22?,23?,24-,26-,28?,29?,30?,31?,32+/m0/s1. The van der Waals surface area contributed by atoms with Crippen molar-refractivity contribution in [3.63, 3.8) is 0 Å². The number of carbonyl (C=O) groups is 2. The first-order chi connectivity index (χ1) is 18.8. The van der Waals surface area contributed by atoms with E-state index < -0.39 is 17.1 Å². The van der Waals surface area contributed by atoms with Gasteiger partial charge in [0.05, 0.1) is 23.0 Å². The molecule has 0 spiro atoms. The SMILES string of the molecule is CC12C=CC(=O)C=C1CCC1C2[C@@H](O)CC2(C)C1C[C@@H]1OC(C3CCCC3)O[C@]12C(=O)CSc1ccccn1. The molecule has 0 radical (unpaired) electrons. The number of hydrogen-bond donors (Lipinski definition) is 1. The highest BCUT2D eigenvalue weighted by Gasteiger charge is 2.76. The predicted octanol–water partition coefficient (Wildman–Crippen LogP) is 5.30. The average Bonchev–Trinajstić information content (AvgIpc) is 3.63. The van der Waals surface area contributed by atoms with Gasteiger partial charge in [-0.25, -0.2) is 4.98 Å². The van der Waals surface area contributed by atoms with Gasteiger partial charge in [0, 0.05) is 28.9 Å². The van der Waals surface area contributed by atoms with Crippen molar-refractivity contribution in [3.8, 4) is 0 Å². The fourth-order valence-electron chi connectivity index (χ4n) is 9.71. The number of hydrogen-bond acceptors (Lipinski definition) is 7. The van der Waals surface area contributed by atoms with E-state index >= 15 is 0 Å². The van der Waals surface area contributed by atoms with Crippen molar-refractivity contribution in [3.05, 3.63) is 48.2 Å². The third-order valence-corrected chi connectivity index (χ3v) is 12.4. The summed E-state index contributed by atoms with van der Waals surface area (Å²) in [5.74, 6) is 1.17. The van der Waals surface area contributed by atoms with Crippen molar-refractivity contribution < 1.29 is 24.2 Å². The number of ketones is 2. The first kappa shape index (κ1) is 26.1. The van der Waals surface area contributed by atoms with Crippen LogP contribution in [0, 0.1) is 34.5 Å². The molecule has 7 heteroatoms. The minimum absolute atomic E-state index is 0.0134. The van der Waals surface area contributed by atoms with E-state index in [1.165, 1.54) is 24.6 Å². The van der Waals surface area contributed by atoms with Crippen LogP contribution in [0.1, 0.15) is 65.2 Å². The molecule has 0 amide bonds. The summed E-state index contributed by atoms with van der Waals surface area (Å²) in [6.07, 6.45) is 13.6. The van der Waals surface area contributed by atoms with E-state index in [1.54, 1.807) is 18.3 Å². The molecule has 2 heterocycles. The van der Waals surface area contributed by atoms with Crippen LogP contribution in [0.15, 0.2) is 53.2 Å². The van der Waals surface area contributed by atoms with Crippen LogP contribution in [0.4, 0.5) is 0 Å². The number of rotatable bonds is 5. The fourth-order valence-corrected chi connectivity index (χ4v) is 10.5. The van der Waals surface area contributed by atoms with Crippen LogP contribution >= 0.6 is 11.8 Å². The summed E-state index contributed by atoms with van der Waals surface area (Å²) >= 11 is 1.46. The number of pyridine rings is 1. The Balaban J connectivity index is 1.24. The van der Waals surface area contributed by atoms with Crippen LogP contribution in [0.5, 0.6) is 0 Å². The average molecular weight is 550 g/mol. The van der Waals surface area contributed by atoms with Crippen molar-refractivity contribution in [2.45, 2.75) is 94.3 Å². The number of nitrogens with zero attached hydrogens (tertiary/aromatic N) is 1. The van der Waals surface area contributed by atoms with Crippen LogP contribution in [-0.2, 0) is 19.1 Å². The Morgan fingerprint density at radius 2 is 2.03 bits per heavy atom. The van der Waals surface area contributed by atoms with E-state index in [4.69, 9.17) is 9.47 Å². The number of ether oxygens (including phenoxy) is 2. The summed E-state index contributed by atoms with van der Waals surface area (Å²) in [7, 11) is 0. The molecular formula is C32H39NO5S. The lowest BCUT2D eigenvalue weighted by molar-refractivity contribution is -0.205. The summed E-state index contributed by atoms with van der Waals surface area (Å²) in [6, 6.07) is 5.76. The van der Waals surface area contributed by atoms with E-state index in [1.807, 2.05) is 24.3 Å². The quantitative estimate of drug-likeness (QED) is 0.499. The molecule has 0 bridgehead atoms. The first-order valence-corrected chi connectivity index (χ1v) is 15.8. The van der Waals surface area contributed by atoms with Crippen LogP contribution < -0.4 is 0 Å². The predicted molar refractivity (Wildman–Crippen MR) is 148 cm³/mol. The number of carbonyl (C=O) groups excluding carboxylic acids is 2. The van der Waals surface area contributed by atoms with Crippen molar-refractivity contribution in [1.82, 2.24) is 4.98 Å². The molecule has 208 valence electrons. The van der Waals surface area contributed by atoms with E-state index in [2.05, 4.69) is 18.8 Å². The molecule has 1 N–H and O–H groups in total. The second-order valence-corrected chi connectivity index (χ2v) is 14.2. The summed E-state index contributed by atoms with van der Waals surface area (Å²) < 4.78 is 13.7. The zero-order chi connectivity index (χ0) is 27.0. The van der Waals surface area contributed by atoms with Gasteiger partial charge in [-0.2, -0.15) is 0 Å². The smallest absolute Gasteiger partial charge is 0.178 e. The third kappa shape index (κ3) is 3.75. The molecule has 9 atom stereocenters. The van der Waals surface area contributed by atoms with Crippen molar-refractivity contribution in [2.75, 3.05) is 5.75 Å². The van der Waals surface area contributed by atoms with Gasteiger partial charge in [0.1, 0.15) is 0 Å². The molecule has 5 fully saturated rings. The maximum atomic E-state index is 14.4. The Morgan fingerprint density at radius 1 is 1.21 bits per heavy atom. The highest BCUT2D eigenvalue weighted by molar-refractivity contribution is 7.99. The molecule has 5 aliphatic carbocycles. The first-order valence-electron chi connectivity index (χ1n) is 14.8. The van der Waals surface area contributed by atoms with Gasteiger partial charge in [-0.05, 0) is 74.6 Å². The zero-order valence-corrected chi connectivity index (χ0v) is 23.7. The summed E-state index contributed by atoms with van der Waals surface area (Å²) in [5, 5.41) is 12.7. The van der Waals surface area contributed by atoms with E-state index in [0.717, 1.165) is 42.7 Å². The van der Waals surface area contributed by atoms with Crippen molar-refractivity contribution in [1.29, 1.82) is 0 Å². The normalized spacial score (nSPS) is 44.9. The number of aromatic nitrogens is 1. The molecule has 0 aromatic carbocycles. The Labute approximate surface area is 235 Å². The van der Waals surface area contributed by atoms with Gasteiger partial charge in [0.25, 0.3) is 0 Å². The number of allylic oxidation sites excluding steroid dienone is 4. The van der Waals surface area contributed by atoms with Gasteiger partial charge < -0.3 is 14.6 Å². The second-order valence-electron chi connectivity index (χ2n) is 13.2. The molecule has 1 saturated heterocycles. The fraction of sp³-hybridized carbons (Fsp3) is 0.656. The van der Waals surface area contributed by atoms with E-state index in [0.29, 0.717) is 12.3 Å². The van der Waals surface area contributed by atoms with E-state index in [-0.39, 0.29) is 52.9 Å². The molecule has 6 aliphatic rings.